The minimum absolute atomic E-state index is 0.00407. The van der Waals surface area contributed by atoms with Crippen LogP contribution in [0.4, 0.5) is 0 Å². The van der Waals surface area contributed by atoms with Crippen molar-refractivity contribution >= 4 is 30.2 Å². The van der Waals surface area contributed by atoms with Crippen LogP contribution in [-0.2, 0) is 14.8 Å². The maximum absolute atomic E-state index is 12.4. The number of carbonyl (C=O) groups excluding carboxylic acids is 1. The predicted octanol–water partition coefficient (Wildman–Crippen LogP) is -0.174. The Morgan fingerprint density at radius 3 is 1.86 bits per heavy atom. The first kappa shape index (κ1) is 28.1. The molecule has 3 fully saturated rings. The summed E-state index contributed by atoms with van der Waals surface area (Å²) in [5, 5.41) is 39.5. The first-order valence-corrected chi connectivity index (χ1v) is 13.8. The van der Waals surface area contributed by atoms with Crippen molar-refractivity contribution in [3.63, 3.8) is 0 Å². The molecule has 0 saturated carbocycles. The Kier molecular flexibility index (Phi) is 10.2. The molecule has 1 amide bonds. The van der Waals surface area contributed by atoms with Gasteiger partial charge in [0.25, 0.3) is 0 Å². The smallest absolute Gasteiger partial charge is 0.427 e. The Bertz CT molecular complexity index is 911. The molecule has 1 atom stereocenters. The molecule has 3 heterocycles. The van der Waals surface area contributed by atoms with Crippen LogP contribution in [0.5, 0.6) is 0 Å². The van der Waals surface area contributed by atoms with Gasteiger partial charge in [-0.15, -0.1) is 0 Å². The van der Waals surface area contributed by atoms with Crippen molar-refractivity contribution in [1.82, 2.24) is 14.5 Å². The fraction of sp³-hybridized carbons (Fsp3) is 0.682. The zero-order valence-electron chi connectivity index (χ0n) is 20.3. The van der Waals surface area contributed by atoms with Gasteiger partial charge in [0.15, 0.2) is 0 Å². The van der Waals surface area contributed by atoms with E-state index in [1.54, 1.807) is 24.3 Å². The molecule has 0 spiro atoms. The molecular weight excluding hydrogens is 472 g/mol. The number of piperidine rings is 2. The van der Waals surface area contributed by atoms with E-state index in [-0.39, 0.29) is 23.6 Å². The molecule has 0 aromatic heterocycles. The molecule has 0 bridgehead atoms. The van der Waals surface area contributed by atoms with E-state index in [1.807, 2.05) is 11.8 Å². The fourth-order valence-corrected chi connectivity index (χ4v) is 6.28. The normalized spacial score (nSPS) is 22.4. The summed E-state index contributed by atoms with van der Waals surface area (Å²) in [5.41, 5.74) is 1.01. The number of benzene rings is 1. The van der Waals surface area contributed by atoms with Crippen molar-refractivity contribution in [2.75, 3.05) is 32.7 Å². The molecule has 194 valence electrons. The van der Waals surface area contributed by atoms with Crippen LogP contribution < -0.4 is 5.32 Å². The van der Waals surface area contributed by atoms with Gasteiger partial charge < -0.3 is 30.3 Å². The van der Waals surface area contributed by atoms with Gasteiger partial charge in [0.05, 0.1) is 10.9 Å². The van der Waals surface area contributed by atoms with Gasteiger partial charge in [0.1, 0.15) is 0 Å². The lowest BCUT2D eigenvalue weighted by Crippen LogP contribution is -2.47. The molecule has 3 saturated heterocycles. The van der Waals surface area contributed by atoms with Crippen LogP contribution in [0.25, 0.3) is 0 Å². The van der Waals surface area contributed by atoms with E-state index in [2.05, 4.69) is 5.32 Å². The lowest BCUT2D eigenvalue weighted by atomic mass is 9.67. The Morgan fingerprint density at radius 2 is 1.40 bits per heavy atom. The number of rotatable bonds is 5. The SMILES string of the molecule is Cc1ccc(S(=O)(=O)N2CCC(B(O)O)CC2)cc1.O=C([C@H]1CCCN1)N1CCC(B(O)O)CC1. The van der Waals surface area contributed by atoms with E-state index < -0.39 is 24.3 Å². The minimum atomic E-state index is -3.46. The van der Waals surface area contributed by atoms with Crippen molar-refractivity contribution in [3.8, 4) is 0 Å². The average Bonchev–Trinajstić information content (AvgIpc) is 3.39. The molecule has 0 unspecified atom stereocenters. The second-order valence-electron chi connectivity index (χ2n) is 9.69. The molecule has 10 nitrogen and oxygen atoms in total. The van der Waals surface area contributed by atoms with Gasteiger partial charge in [0, 0.05) is 26.2 Å². The van der Waals surface area contributed by atoms with Crippen LogP contribution in [0.15, 0.2) is 29.2 Å². The van der Waals surface area contributed by atoms with Gasteiger partial charge in [-0.2, -0.15) is 4.31 Å². The van der Waals surface area contributed by atoms with Gasteiger partial charge in [-0.3, -0.25) is 4.79 Å². The zero-order valence-corrected chi connectivity index (χ0v) is 21.1. The quantitative estimate of drug-likeness (QED) is 0.344. The molecule has 13 heteroatoms. The molecule has 3 aliphatic heterocycles. The van der Waals surface area contributed by atoms with Gasteiger partial charge in [-0.1, -0.05) is 17.7 Å². The van der Waals surface area contributed by atoms with Gasteiger partial charge >= 0.3 is 14.2 Å². The number of sulfonamides is 1. The van der Waals surface area contributed by atoms with Gasteiger partial charge in [-0.05, 0) is 75.8 Å². The highest BCUT2D eigenvalue weighted by Gasteiger charge is 2.34. The predicted molar refractivity (Wildman–Crippen MR) is 134 cm³/mol. The summed E-state index contributed by atoms with van der Waals surface area (Å²) in [6, 6.07) is 6.76. The number of amides is 1. The molecule has 0 radical (unpaired) electrons. The molecule has 5 N–H and O–H groups in total. The fourth-order valence-electron chi connectivity index (χ4n) is 4.81. The number of hydrogen-bond donors (Lipinski definition) is 5. The third-order valence-electron chi connectivity index (χ3n) is 7.21. The first-order chi connectivity index (χ1) is 16.6. The summed E-state index contributed by atoms with van der Waals surface area (Å²) in [7, 11) is -6.05. The summed E-state index contributed by atoms with van der Waals surface area (Å²) in [6.45, 7) is 4.81. The topological polar surface area (TPSA) is 151 Å². The van der Waals surface area contributed by atoms with E-state index in [9.17, 15) is 13.2 Å². The van der Waals surface area contributed by atoms with E-state index in [1.165, 1.54) is 4.31 Å². The van der Waals surface area contributed by atoms with Crippen LogP contribution in [-0.4, -0.2) is 96.6 Å². The average molecular weight is 509 g/mol. The lowest BCUT2D eigenvalue weighted by molar-refractivity contribution is -0.134. The molecule has 1 aromatic rings. The summed E-state index contributed by atoms with van der Waals surface area (Å²) < 4.78 is 26.2. The lowest BCUT2D eigenvalue weighted by Gasteiger charge is -2.33. The largest absolute Gasteiger partial charge is 0.454 e. The number of likely N-dealkylation sites (tertiary alicyclic amines) is 1. The standard InChI is InChI=1S/C12H18BNO4S.C10H19BN2O3/c1-10-2-4-12(5-3-10)19(17,18)14-8-6-11(7-9-14)13(15)16;14-10(9-2-1-5-12-9)13-6-3-8(4-7-13)11(15)16/h2-5,11,15-16H,6-9H2,1H3;8-9,12,15-16H,1-7H2/t;9-/m.1/s1. The summed E-state index contributed by atoms with van der Waals surface area (Å²) in [5.74, 6) is -0.117. The second-order valence-corrected chi connectivity index (χ2v) is 11.6. The third-order valence-corrected chi connectivity index (χ3v) is 9.12. The molecule has 35 heavy (non-hydrogen) atoms. The molecular formula is C22H37B2N3O7S. The highest BCUT2D eigenvalue weighted by Crippen LogP contribution is 2.28. The molecule has 3 aliphatic rings. The monoisotopic (exact) mass is 509 g/mol. The Labute approximate surface area is 208 Å². The van der Waals surface area contributed by atoms with Crippen LogP contribution >= 0.6 is 0 Å². The van der Waals surface area contributed by atoms with Crippen molar-refractivity contribution < 1.29 is 33.3 Å². The van der Waals surface area contributed by atoms with E-state index in [4.69, 9.17) is 20.1 Å². The highest BCUT2D eigenvalue weighted by molar-refractivity contribution is 7.89. The number of carbonyl (C=O) groups is 1. The maximum Gasteiger partial charge on any atom is 0.454 e. The van der Waals surface area contributed by atoms with Crippen LogP contribution in [0.1, 0.15) is 44.1 Å². The van der Waals surface area contributed by atoms with E-state index in [0.29, 0.717) is 56.8 Å². The summed E-state index contributed by atoms with van der Waals surface area (Å²) in [4.78, 5) is 14.2. The summed E-state index contributed by atoms with van der Waals surface area (Å²) >= 11 is 0. The van der Waals surface area contributed by atoms with Gasteiger partial charge in [-0.25, -0.2) is 8.42 Å². The van der Waals surface area contributed by atoms with Crippen LogP contribution in [0.3, 0.4) is 0 Å². The Hall–Kier alpha value is -1.47. The van der Waals surface area contributed by atoms with Crippen molar-refractivity contribution in [2.45, 2.75) is 68.0 Å². The number of nitrogens with zero attached hydrogens (tertiary/aromatic N) is 2. The summed E-state index contributed by atoms with van der Waals surface area (Å²) in [6.07, 6.45) is 4.33. The van der Waals surface area contributed by atoms with Crippen LogP contribution in [0.2, 0.25) is 11.6 Å². The molecule has 4 rings (SSSR count). The number of hydrogen-bond acceptors (Lipinski definition) is 8. The molecule has 1 aromatic carbocycles. The first-order valence-electron chi connectivity index (χ1n) is 12.4. The Balaban J connectivity index is 0.000000198. The maximum atomic E-state index is 12.4. The van der Waals surface area contributed by atoms with Crippen molar-refractivity contribution in [1.29, 1.82) is 0 Å². The zero-order chi connectivity index (χ0) is 25.6. The van der Waals surface area contributed by atoms with Crippen molar-refractivity contribution in [2.24, 2.45) is 0 Å². The highest BCUT2D eigenvalue weighted by atomic mass is 32.2. The minimum Gasteiger partial charge on any atom is -0.427 e. The Morgan fingerprint density at radius 1 is 0.886 bits per heavy atom. The van der Waals surface area contributed by atoms with E-state index >= 15 is 0 Å². The number of aryl methyl sites for hydroxylation is 1. The second kappa shape index (κ2) is 12.7. The van der Waals surface area contributed by atoms with Crippen LogP contribution in [0, 0.1) is 6.92 Å². The van der Waals surface area contributed by atoms with Crippen molar-refractivity contribution in [3.05, 3.63) is 29.8 Å². The van der Waals surface area contributed by atoms with Gasteiger partial charge in [0.2, 0.25) is 15.9 Å². The van der Waals surface area contributed by atoms with E-state index in [0.717, 1.165) is 24.9 Å². The number of nitrogens with one attached hydrogen (secondary N) is 1. The molecule has 0 aliphatic carbocycles. The third kappa shape index (κ3) is 7.51.